The van der Waals surface area contributed by atoms with Crippen LogP contribution in [0, 0.1) is 11.8 Å². The van der Waals surface area contributed by atoms with Crippen molar-refractivity contribution in [3.63, 3.8) is 0 Å². The predicted molar refractivity (Wildman–Crippen MR) is 52.5 cm³/mol. The van der Waals surface area contributed by atoms with E-state index in [2.05, 4.69) is 25.4 Å². The summed E-state index contributed by atoms with van der Waals surface area (Å²) in [4.78, 5) is 5.46. The van der Waals surface area contributed by atoms with Gasteiger partial charge in [-0.25, -0.2) is 0 Å². The summed E-state index contributed by atoms with van der Waals surface area (Å²) < 4.78 is 0. The van der Waals surface area contributed by atoms with Crippen molar-refractivity contribution in [1.82, 2.24) is 5.32 Å². The number of azide groups is 2. The van der Waals surface area contributed by atoms with Crippen LogP contribution in [0.1, 0.15) is 6.42 Å². The monoisotopic (exact) mass is 195 g/mol. The molecule has 1 saturated heterocycles. The van der Waals surface area contributed by atoms with Gasteiger partial charge in [0.25, 0.3) is 0 Å². The fourth-order valence-corrected chi connectivity index (χ4v) is 1.71. The molecule has 1 aliphatic rings. The summed E-state index contributed by atoms with van der Waals surface area (Å²) in [5.74, 6) is 0.747. The van der Waals surface area contributed by atoms with E-state index < -0.39 is 0 Å². The molecule has 14 heavy (non-hydrogen) atoms. The number of nitrogens with one attached hydrogen (secondary N) is 1. The number of hydrogen-bond donors (Lipinski definition) is 1. The Labute approximate surface area is 81.7 Å². The largest absolute Gasteiger partial charge is 0.316 e. The van der Waals surface area contributed by atoms with Gasteiger partial charge in [-0.2, -0.15) is 0 Å². The van der Waals surface area contributed by atoms with Crippen LogP contribution >= 0.6 is 0 Å². The zero-order valence-electron chi connectivity index (χ0n) is 7.87. The van der Waals surface area contributed by atoms with Crippen LogP contribution in [-0.2, 0) is 0 Å². The van der Waals surface area contributed by atoms with Crippen LogP contribution in [0.3, 0.4) is 0 Å². The number of nitrogens with zero attached hydrogens (tertiary/aromatic N) is 6. The highest BCUT2D eigenvalue weighted by atomic mass is 15.1. The Morgan fingerprint density at radius 2 is 1.57 bits per heavy atom. The van der Waals surface area contributed by atoms with Gasteiger partial charge in [-0.05, 0) is 42.4 Å². The van der Waals surface area contributed by atoms with Crippen LogP contribution in [0.2, 0.25) is 0 Å². The number of hydrogen-bond acceptors (Lipinski definition) is 3. The fourth-order valence-electron chi connectivity index (χ4n) is 1.71. The van der Waals surface area contributed by atoms with Crippen LogP contribution in [0.15, 0.2) is 10.2 Å². The van der Waals surface area contributed by atoms with Crippen molar-refractivity contribution < 1.29 is 0 Å². The van der Waals surface area contributed by atoms with E-state index in [4.69, 9.17) is 11.1 Å². The molecule has 0 aromatic carbocycles. The summed E-state index contributed by atoms with van der Waals surface area (Å²) in [5, 5.41) is 10.3. The van der Waals surface area contributed by atoms with E-state index in [1.54, 1.807) is 0 Å². The molecule has 1 fully saturated rings. The maximum atomic E-state index is 8.18. The van der Waals surface area contributed by atoms with Crippen molar-refractivity contribution in [1.29, 1.82) is 0 Å². The average Bonchev–Trinajstić information content (AvgIpc) is 2.24. The first-order chi connectivity index (χ1) is 6.86. The lowest BCUT2D eigenvalue weighted by Crippen LogP contribution is -2.38. The normalized spacial score (nSPS) is 26.0. The van der Waals surface area contributed by atoms with Crippen molar-refractivity contribution in [3.05, 3.63) is 20.9 Å². The predicted octanol–water partition coefficient (Wildman–Crippen LogP) is 1.83. The van der Waals surface area contributed by atoms with E-state index in [1.165, 1.54) is 0 Å². The van der Waals surface area contributed by atoms with E-state index in [9.17, 15) is 0 Å². The zero-order chi connectivity index (χ0) is 10.2. The molecule has 0 aromatic heterocycles. The van der Waals surface area contributed by atoms with Crippen LogP contribution in [-0.4, -0.2) is 26.2 Å². The van der Waals surface area contributed by atoms with E-state index in [-0.39, 0.29) is 0 Å². The second-order valence-electron chi connectivity index (χ2n) is 3.45. The van der Waals surface area contributed by atoms with Gasteiger partial charge in [0.05, 0.1) is 0 Å². The highest BCUT2D eigenvalue weighted by Crippen LogP contribution is 2.17. The molecule has 0 aromatic rings. The third kappa shape index (κ3) is 3.53. The molecule has 2 atom stereocenters. The maximum Gasteiger partial charge on any atom is 0.0298 e. The number of piperidine rings is 1. The van der Waals surface area contributed by atoms with E-state index in [0.29, 0.717) is 24.9 Å². The van der Waals surface area contributed by atoms with Crippen molar-refractivity contribution in [2.24, 2.45) is 22.1 Å². The van der Waals surface area contributed by atoms with Gasteiger partial charge in [-0.15, -0.1) is 0 Å². The molecule has 1 heterocycles. The zero-order valence-corrected chi connectivity index (χ0v) is 7.87. The van der Waals surface area contributed by atoms with E-state index in [0.717, 1.165) is 19.5 Å². The minimum absolute atomic E-state index is 0.374. The first-order valence-electron chi connectivity index (χ1n) is 4.59. The summed E-state index contributed by atoms with van der Waals surface area (Å²) in [6.07, 6.45) is 0.963. The molecule has 0 unspecified atom stereocenters. The Morgan fingerprint density at radius 3 is 2.00 bits per heavy atom. The first kappa shape index (κ1) is 10.7. The highest BCUT2D eigenvalue weighted by Gasteiger charge is 2.20. The summed E-state index contributed by atoms with van der Waals surface area (Å²) >= 11 is 0. The highest BCUT2D eigenvalue weighted by molar-refractivity contribution is 4.79. The van der Waals surface area contributed by atoms with Gasteiger partial charge in [-0.1, -0.05) is 10.2 Å². The van der Waals surface area contributed by atoms with Crippen LogP contribution in [0.25, 0.3) is 20.9 Å². The van der Waals surface area contributed by atoms with Gasteiger partial charge in [-0.3, -0.25) is 0 Å². The Balaban J connectivity index is 2.34. The fraction of sp³-hybridized carbons (Fsp3) is 1.00. The van der Waals surface area contributed by atoms with Gasteiger partial charge in [0.1, 0.15) is 0 Å². The minimum atomic E-state index is 0.374. The Hall–Kier alpha value is -1.42. The average molecular weight is 195 g/mol. The van der Waals surface area contributed by atoms with E-state index >= 15 is 0 Å². The minimum Gasteiger partial charge on any atom is -0.316 e. The molecule has 0 amide bonds. The molecule has 7 heteroatoms. The van der Waals surface area contributed by atoms with Gasteiger partial charge in [0.2, 0.25) is 0 Å². The summed E-state index contributed by atoms with van der Waals surface area (Å²) in [6, 6.07) is 0. The smallest absolute Gasteiger partial charge is 0.0298 e. The standard InChI is InChI=1S/C7H13N7/c8-13-11-4-6-1-7(3-10-2-6)5-12-14-9/h6-7,10H,1-5H2/t6-,7+. The van der Waals surface area contributed by atoms with Gasteiger partial charge >= 0.3 is 0 Å². The maximum absolute atomic E-state index is 8.18. The van der Waals surface area contributed by atoms with Crippen molar-refractivity contribution >= 4 is 0 Å². The topological polar surface area (TPSA) is 110 Å². The third-order valence-electron chi connectivity index (χ3n) is 2.34. The van der Waals surface area contributed by atoms with Crippen LogP contribution in [0.4, 0.5) is 0 Å². The molecule has 0 aliphatic carbocycles. The molecule has 0 radical (unpaired) electrons. The Kier molecular flexibility index (Phi) is 4.64. The van der Waals surface area contributed by atoms with Gasteiger partial charge in [0.15, 0.2) is 0 Å². The molecule has 1 rings (SSSR count). The van der Waals surface area contributed by atoms with Crippen LogP contribution in [0.5, 0.6) is 0 Å². The van der Waals surface area contributed by atoms with Crippen molar-refractivity contribution in [2.75, 3.05) is 26.2 Å². The lowest BCUT2D eigenvalue weighted by atomic mass is 9.91. The Morgan fingerprint density at radius 1 is 1.07 bits per heavy atom. The molecule has 0 saturated carbocycles. The molecule has 0 spiro atoms. The molecule has 1 N–H and O–H groups in total. The summed E-state index contributed by atoms with van der Waals surface area (Å²) in [5.41, 5.74) is 16.4. The second kappa shape index (κ2) is 6.10. The molecular formula is C7H13N7. The lowest BCUT2D eigenvalue weighted by molar-refractivity contribution is 0.297. The second-order valence-corrected chi connectivity index (χ2v) is 3.45. The summed E-state index contributed by atoms with van der Waals surface area (Å²) in [6.45, 7) is 2.81. The van der Waals surface area contributed by atoms with E-state index in [1.807, 2.05) is 0 Å². The third-order valence-corrected chi connectivity index (χ3v) is 2.34. The van der Waals surface area contributed by atoms with Crippen molar-refractivity contribution in [3.8, 4) is 0 Å². The molecule has 0 bridgehead atoms. The summed E-state index contributed by atoms with van der Waals surface area (Å²) in [7, 11) is 0. The molecule has 1 aliphatic heterocycles. The first-order valence-corrected chi connectivity index (χ1v) is 4.59. The number of rotatable bonds is 4. The van der Waals surface area contributed by atoms with Crippen LogP contribution < -0.4 is 5.32 Å². The van der Waals surface area contributed by atoms with Gasteiger partial charge < -0.3 is 5.32 Å². The Bertz CT molecular complexity index is 237. The lowest BCUT2D eigenvalue weighted by Gasteiger charge is -2.27. The quantitative estimate of drug-likeness (QED) is 0.412. The van der Waals surface area contributed by atoms with Gasteiger partial charge in [0, 0.05) is 22.9 Å². The SMILES string of the molecule is [N-]=[N+]=NC[C@@H]1CNC[C@H](CN=[N+]=[N-])C1. The molecule has 7 nitrogen and oxygen atoms in total. The molecule has 76 valence electrons. The molecular weight excluding hydrogens is 182 g/mol. The van der Waals surface area contributed by atoms with Crippen molar-refractivity contribution in [2.45, 2.75) is 6.42 Å².